The quantitative estimate of drug-likeness (QED) is 0.714. The molecule has 0 aromatic heterocycles. The van der Waals surface area contributed by atoms with Gasteiger partial charge in [0.05, 0.1) is 0 Å². The Balaban J connectivity index is 1.99. The summed E-state index contributed by atoms with van der Waals surface area (Å²) in [5.41, 5.74) is 3.93. The van der Waals surface area contributed by atoms with Crippen LogP contribution in [0.5, 0.6) is 0 Å². The Morgan fingerprint density at radius 1 is 1.00 bits per heavy atom. The number of hydrogen-bond donors (Lipinski definition) is 3. The number of urea groups is 1. The summed E-state index contributed by atoms with van der Waals surface area (Å²) < 4.78 is 1.07. The van der Waals surface area contributed by atoms with Crippen molar-refractivity contribution in [2.75, 3.05) is 10.6 Å². The molecule has 116 valence electrons. The third-order valence-electron chi connectivity index (χ3n) is 3.02. The normalized spacial score (nSPS) is 10.4. The molecule has 3 N–H and O–H groups in total. The van der Waals surface area contributed by atoms with Crippen molar-refractivity contribution in [1.82, 2.24) is 5.32 Å². The fraction of sp³-hybridized carbons (Fsp3) is 0.235. The van der Waals surface area contributed by atoms with E-state index >= 15 is 0 Å². The van der Waals surface area contributed by atoms with Crippen LogP contribution >= 0.6 is 15.9 Å². The summed E-state index contributed by atoms with van der Waals surface area (Å²) in [5, 5.41) is 8.91. The standard InChI is InChI=1S/C17H20BrN3O/c1-11(2)19-17(22)21-14-8-6-13(7-9-14)20-15-5-4-12(3)16(18)10-15/h4-11,20H,1-3H3,(H2,19,21,22). The number of benzene rings is 2. The van der Waals surface area contributed by atoms with Crippen LogP contribution in [0, 0.1) is 6.92 Å². The van der Waals surface area contributed by atoms with Crippen LogP contribution in [-0.4, -0.2) is 12.1 Å². The zero-order valence-corrected chi connectivity index (χ0v) is 14.5. The molecule has 2 aromatic rings. The molecule has 0 unspecified atom stereocenters. The predicted molar refractivity (Wildman–Crippen MR) is 95.9 cm³/mol. The molecule has 0 aliphatic rings. The maximum atomic E-state index is 11.6. The number of aryl methyl sites for hydroxylation is 1. The second-order valence-corrected chi connectivity index (χ2v) is 6.27. The Bertz CT molecular complexity index is 653. The first-order valence-electron chi connectivity index (χ1n) is 7.15. The lowest BCUT2D eigenvalue weighted by Crippen LogP contribution is -2.34. The monoisotopic (exact) mass is 361 g/mol. The van der Waals surface area contributed by atoms with E-state index in [1.165, 1.54) is 5.56 Å². The van der Waals surface area contributed by atoms with E-state index in [2.05, 4.69) is 44.9 Å². The minimum atomic E-state index is -0.196. The van der Waals surface area contributed by atoms with E-state index in [1.54, 1.807) is 0 Å². The number of halogens is 1. The summed E-state index contributed by atoms with van der Waals surface area (Å²) >= 11 is 3.52. The summed E-state index contributed by atoms with van der Waals surface area (Å²) in [5.74, 6) is 0. The zero-order chi connectivity index (χ0) is 16.1. The topological polar surface area (TPSA) is 53.2 Å². The number of anilines is 3. The largest absolute Gasteiger partial charge is 0.355 e. The van der Waals surface area contributed by atoms with Crippen LogP contribution in [0.4, 0.5) is 21.9 Å². The van der Waals surface area contributed by atoms with Crippen LogP contribution in [0.1, 0.15) is 19.4 Å². The van der Waals surface area contributed by atoms with Gasteiger partial charge in [-0.05, 0) is 62.7 Å². The lowest BCUT2D eigenvalue weighted by molar-refractivity contribution is 0.250. The Hall–Kier alpha value is -2.01. The third-order valence-corrected chi connectivity index (χ3v) is 3.88. The molecule has 0 fully saturated rings. The van der Waals surface area contributed by atoms with Crippen molar-refractivity contribution in [2.45, 2.75) is 26.8 Å². The number of nitrogens with one attached hydrogen (secondary N) is 3. The van der Waals surface area contributed by atoms with Crippen molar-refractivity contribution in [3.05, 3.63) is 52.5 Å². The van der Waals surface area contributed by atoms with E-state index in [1.807, 2.05) is 50.2 Å². The van der Waals surface area contributed by atoms with Crippen molar-refractivity contribution >= 4 is 39.0 Å². The number of hydrogen-bond acceptors (Lipinski definition) is 2. The average Bonchev–Trinajstić information content (AvgIpc) is 2.44. The smallest absolute Gasteiger partial charge is 0.319 e. The SMILES string of the molecule is Cc1ccc(Nc2ccc(NC(=O)NC(C)C)cc2)cc1Br. The van der Waals surface area contributed by atoms with E-state index in [-0.39, 0.29) is 12.1 Å². The summed E-state index contributed by atoms with van der Waals surface area (Å²) in [7, 11) is 0. The van der Waals surface area contributed by atoms with Gasteiger partial charge in [-0.3, -0.25) is 0 Å². The van der Waals surface area contributed by atoms with Gasteiger partial charge in [0.2, 0.25) is 0 Å². The van der Waals surface area contributed by atoms with Crippen LogP contribution in [-0.2, 0) is 0 Å². The Kier molecular flexibility index (Phi) is 5.44. The lowest BCUT2D eigenvalue weighted by Gasteiger charge is -2.11. The maximum Gasteiger partial charge on any atom is 0.319 e. The van der Waals surface area contributed by atoms with Crippen molar-refractivity contribution in [3.63, 3.8) is 0 Å². The van der Waals surface area contributed by atoms with Gasteiger partial charge in [-0.2, -0.15) is 0 Å². The highest BCUT2D eigenvalue weighted by Crippen LogP contribution is 2.24. The molecule has 0 aliphatic carbocycles. The molecule has 2 amide bonds. The van der Waals surface area contributed by atoms with Crippen molar-refractivity contribution in [3.8, 4) is 0 Å². The number of amides is 2. The van der Waals surface area contributed by atoms with Gasteiger partial charge in [-0.1, -0.05) is 22.0 Å². The Labute approximate surface area is 139 Å². The Morgan fingerprint density at radius 3 is 2.18 bits per heavy atom. The van der Waals surface area contributed by atoms with E-state index in [4.69, 9.17) is 0 Å². The molecule has 0 heterocycles. The van der Waals surface area contributed by atoms with Gasteiger partial charge >= 0.3 is 6.03 Å². The Morgan fingerprint density at radius 2 is 1.59 bits per heavy atom. The molecule has 0 spiro atoms. The molecular weight excluding hydrogens is 342 g/mol. The summed E-state index contributed by atoms with van der Waals surface area (Å²) in [4.78, 5) is 11.6. The second kappa shape index (κ2) is 7.31. The predicted octanol–water partition coefficient (Wildman–Crippen LogP) is 5.03. The molecule has 0 radical (unpaired) electrons. The molecule has 2 rings (SSSR count). The zero-order valence-electron chi connectivity index (χ0n) is 12.9. The first-order valence-corrected chi connectivity index (χ1v) is 7.94. The molecular formula is C17H20BrN3O. The van der Waals surface area contributed by atoms with Gasteiger partial charge < -0.3 is 16.0 Å². The van der Waals surface area contributed by atoms with E-state index in [9.17, 15) is 4.79 Å². The molecule has 5 heteroatoms. The van der Waals surface area contributed by atoms with Crippen LogP contribution in [0.15, 0.2) is 46.9 Å². The first-order chi connectivity index (χ1) is 10.4. The average molecular weight is 362 g/mol. The van der Waals surface area contributed by atoms with Gasteiger partial charge in [0.15, 0.2) is 0 Å². The van der Waals surface area contributed by atoms with Gasteiger partial charge in [0, 0.05) is 27.6 Å². The highest BCUT2D eigenvalue weighted by atomic mass is 79.9. The van der Waals surface area contributed by atoms with Crippen LogP contribution in [0.2, 0.25) is 0 Å². The maximum absolute atomic E-state index is 11.6. The molecule has 0 aliphatic heterocycles. The number of carbonyl (C=O) groups excluding carboxylic acids is 1. The van der Waals surface area contributed by atoms with E-state index < -0.39 is 0 Å². The van der Waals surface area contributed by atoms with Crippen LogP contribution in [0.3, 0.4) is 0 Å². The molecule has 2 aromatic carbocycles. The van der Waals surface area contributed by atoms with Crippen LogP contribution in [0.25, 0.3) is 0 Å². The summed E-state index contributed by atoms with van der Waals surface area (Å²) in [6.45, 7) is 5.90. The fourth-order valence-electron chi connectivity index (χ4n) is 1.90. The number of carbonyl (C=O) groups is 1. The molecule has 4 nitrogen and oxygen atoms in total. The minimum absolute atomic E-state index is 0.112. The molecule has 0 saturated carbocycles. The second-order valence-electron chi connectivity index (χ2n) is 5.42. The van der Waals surface area contributed by atoms with Gasteiger partial charge in [-0.25, -0.2) is 4.79 Å². The molecule has 0 atom stereocenters. The van der Waals surface area contributed by atoms with Crippen molar-refractivity contribution < 1.29 is 4.79 Å². The highest BCUT2D eigenvalue weighted by molar-refractivity contribution is 9.10. The summed E-state index contributed by atoms with van der Waals surface area (Å²) in [6.07, 6.45) is 0. The van der Waals surface area contributed by atoms with Gasteiger partial charge in [0.25, 0.3) is 0 Å². The van der Waals surface area contributed by atoms with Crippen molar-refractivity contribution in [2.24, 2.45) is 0 Å². The number of rotatable bonds is 4. The van der Waals surface area contributed by atoms with Crippen LogP contribution < -0.4 is 16.0 Å². The van der Waals surface area contributed by atoms with E-state index in [0.29, 0.717) is 0 Å². The van der Waals surface area contributed by atoms with E-state index in [0.717, 1.165) is 21.5 Å². The molecule has 22 heavy (non-hydrogen) atoms. The minimum Gasteiger partial charge on any atom is -0.355 e. The fourth-order valence-corrected chi connectivity index (χ4v) is 2.28. The molecule has 0 bridgehead atoms. The first kappa shape index (κ1) is 16.4. The lowest BCUT2D eigenvalue weighted by atomic mass is 10.2. The van der Waals surface area contributed by atoms with Crippen molar-refractivity contribution in [1.29, 1.82) is 0 Å². The highest BCUT2D eigenvalue weighted by Gasteiger charge is 2.03. The third kappa shape index (κ3) is 4.77. The van der Waals surface area contributed by atoms with Gasteiger partial charge in [-0.15, -0.1) is 0 Å². The van der Waals surface area contributed by atoms with Gasteiger partial charge in [0.1, 0.15) is 0 Å². The molecule has 0 saturated heterocycles. The summed E-state index contributed by atoms with van der Waals surface area (Å²) in [6, 6.07) is 13.6.